The van der Waals surface area contributed by atoms with Gasteiger partial charge in [0.25, 0.3) is 0 Å². The summed E-state index contributed by atoms with van der Waals surface area (Å²) in [5, 5.41) is 22.1. The number of amides is 1. The molecular weight excluding hydrogens is 416 g/mol. The van der Waals surface area contributed by atoms with Gasteiger partial charge in [0, 0.05) is 32.8 Å². The third-order valence-electron chi connectivity index (χ3n) is 2.51. The topological polar surface area (TPSA) is 88.0 Å². The van der Waals surface area contributed by atoms with E-state index in [1.54, 1.807) is 20.8 Å². The van der Waals surface area contributed by atoms with Gasteiger partial charge in [0.15, 0.2) is 0 Å². The zero-order chi connectivity index (χ0) is 13.1. The molecule has 1 heterocycles. The van der Waals surface area contributed by atoms with Crippen LogP contribution in [0.1, 0.15) is 27.2 Å². The second-order valence-corrected chi connectivity index (χ2v) is 5.30. The van der Waals surface area contributed by atoms with Gasteiger partial charge in [-0.15, -0.1) is 0 Å². The molecule has 108 valence electrons. The number of aliphatic hydroxyl groups is 2. The van der Waals surface area contributed by atoms with Crippen LogP contribution in [0.15, 0.2) is 0 Å². The Kier molecular flexibility index (Phi) is 6.73. The molecule has 1 aliphatic rings. The monoisotopic (exact) mass is 439 g/mol. The van der Waals surface area contributed by atoms with Crippen LogP contribution >= 0.6 is 0 Å². The molecule has 0 spiro atoms. The van der Waals surface area contributed by atoms with Crippen molar-refractivity contribution in [2.45, 2.75) is 44.5 Å². The third kappa shape index (κ3) is 5.62. The average molecular weight is 438 g/mol. The summed E-state index contributed by atoms with van der Waals surface area (Å²) < 4.78 is 10.0. The average Bonchev–Trinajstić information content (AvgIpc) is 2.18. The molecule has 0 aromatic carbocycles. The van der Waals surface area contributed by atoms with Crippen LogP contribution in [0.25, 0.3) is 0 Å². The van der Waals surface area contributed by atoms with Crippen LogP contribution in [0.2, 0.25) is 0 Å². The van der Waals surface area contributed by atoms with Crippen LogP contribution in [0.5, 0.6) is 0 Å². The maximum atomic E-state index is 11.4. The first-order chi connectivity index (χ1) is 7.73. The van der Waals surface area contributed by atoms with Crippen molar-refractivity contribution < 1.29 is 44.3 Å². The van der Waals surface area contributed by atoms with E-state index in [9.17, 15) is 15.0 Å². The van der Waals surface area contributed by atoms with E-state index in [0.29, 0.717) is 6.61 Å². The van der Waals surface area contributed by atoms with E-state index in [1.165, 1.54) is 0 Å². The van der Waals surface area contributed by atoms with Crippen molar-refractivity contribution in [2.75, 3.05) is 19.8 Å². The largest absolute Gasteiger partial charge is 0.444 e. The first kappa shape index (κ1) is 17.8. The number of rotatable bonds is 2. The summed E-state index contributed by atoms with van der Waals surface area (Å²) in [7, 11) is 0. The van der Waals surface area contributed by atoms with Gasteiger partial charge >= 0.3 is 6.09 Å². The minimum atomic E-state index is -1.34. The van der Waals surface area contributed by atoms with Gasteiger partial charge in [0.2, 0.25) is 0 Å². The SMILES string of the molecule is CC(C)(C)OC(=O)NC[C@]1(O)CCOC[C@H]1O.[Os]. The molecule has 7 heteroatoms. The van der Waals surface area contributed by atoms with Crippen LogP contribution in [-0.2, 0) is 29.3 Å². The molecule has 0 saturated carbocycles. The van der Waals surface area contributed by atoms with Gasteiger partial charge in [-0.1, -0.05) is 0 Å². The smallest absolute Gasteiger partial charge is 0.407 e. The number of hydrogen-bond acceptors (Lipinski definition) is 5. The van der Waals surface area contributed by atoms with Crippen molar-refractivity contribution in [1.82, 2.24) is 5.32 Å². The van der Waals surface area contributed by atoms with Crippen LogP contribution in [0.4, 0.5) is 4.79 Å². The van der Waals surface area contributed by atoms with Gasteiger partial charge < -0.3 is 25.0 Å². The zero-order valence-electron chi connectivity index (χ0n) is 10.9. The molecule has 0 aliphatic carbocycles. The standard InChI is InChI=1S/C11H21NO5.Os/c1-10(2,3)17-9(14)12-7-11(15)4-5-16-6-8(11)13;/h8,13,15H,4-7H2,1-3H3,(H,12,14);/t8-,11-;/m1./s1. The van der Waals surface area contributed by atoms with Gasteiger partial charge in [0.05, 0.1) is 13.2 Å². The van der Waals surface area contributed by atoms with Crippen molar-refractivity contribution in [3.05, 3.63) is 0 Å². The second-order valence-electron chi connectivity index (χ2n) is 5.30. The molecule has 1 aliphatic heterocycles. The van der Waals surface area contributed by atoms with Crippen molar-refractivity contribution in [3.8, 4) is 0 Å². The van der Waals surface area contributed by atoms with E-state index in [4.69, 9.17) is 9.47 Å². The van der Waals surface area contributed by atoms with Crippen LogP contribution in [0, 0.1) is 0 Å². The maximum Gasteiger partial charge on any atom is 0.407 e. The Labute approximate surface area is 120 Å². The number of hydrogen-bond donors (Lipinski definition) is 3. The molecule has 0 bridgehead atoms. The fourth-order valence-corrected chi connectivity index (χ4v) is 1.51. The first-order valence-corrected chi connectivity index (χ1v) is 5.68. The summed E-state index contributed by atoms with van der Waals surface area (Å²) in [5.41, 5.74) is -1.92. The van der Waals surface area contributed by atoms with E-state index >= 15 is 0 Å². The molecule has 3 N–H and O–H groups in total. The van der Waals surface area contributed by atoms with E-state index in [1.807, 2.05) is 0 Å². The Morgan fingerprint density at radius 3 is 2.67 bits per heavy atom. The predicted molar refractivity (Wildman–Crippen MR) is 60.6 cm³/mol. The minimum Gasteiger partial charge on any atom is -0.444 e. The minimum absolute atomic E-state index is 0. The van der Waals surface area contributed by atoms with Crippen molar-refractivity contribution >= 4 is 6.09 Å². The van der Waals surface area contributed by atoms with Gasteiger partial charge in [-0.2, -0.15) is 0 Å². The number of aliphatic hydroxyl groups excluding tert-OH is 1. The number of ether oxygens (including phenoxy) is 2. The molecule has 1 fully saturated rings. The van der Waals surface area contributed by atoms with Gasteiger partial charge in [-0.3, -0.25) is 0 Å². The molecule has 1 amide bonds. The Balaban J connectivity index is 0.00000289. The molecule has 1 rings (SSSR count). The van der Waals surface area contributed by atoms with Crippen LogP contribution < -0.4 is 5.32 Å². The molecule has 6 nitrogen and oxygen atoms in total. The molecule has 0 aromatic rings. The Morgan fingerprint density at radius 1 is 1.56 bits per heavy atom. The van der Waals surface area contributed by atoms with Crippen molar-refractivity contribution in [3.63, 3.8) is 0 Å². The van der Waals surface area contributed by atoms with Crippen molar-refractivity contribution in [2.24, 2.45) is 0 Å². The van der Waals surface area contributed by atoms with E-state index in [2.05, 4.69) is 5.32 Å². The zero-order valence-corrected chi connectivity index (χ0v) is 13.4. The number of carbonyl (C=O) groups is 1. The molecule has 2 atom stereocenters. The fraction of sp³-hybridized carbons (Fsp3) is 0.909. The van der Waals surface area contributed by atoms with E-state index in [0.717, 1.165) is 0 Å². The predicted octanol–water partition coefficient (Wildman–Crippen LogP) is 0.0209. The summed E-state index contributed by atoms with van der Waals surface area (Å²) in [6.07, 6.45) is -1.32. The summed E-state index contributed by atoms with van der Waals surface area (Å²) in [6, 6.07) is 0. The molecular formula is C11H21NO5Os. The number of alkyl carbamates (subject to hydrolysis) is 1. The Hall–Kier alpha value is -0.214. The summed E-state index contributed by atoms with van der Waals surface area (Å²) in [6.45, 7) is 5.66. The first-order valence-electron chi connectivity index (χ1n) is 5.68. The van der Waals surface area contributed by atoms with Crippen LogP contribution in [-0.4, -0.2) is 53.4 Å². The maximum absolute atomic E-state index is 11.4. The normalized spacial score (nSPS) is 28.2. The Bertz CT molecular complexity index is 281. The number of carbonyl (C=O) groups excluding carboxylic acids is 1. The summed E-state index contributed by atoms with van der Waals surface area (Å²) in [5.74, 6) is 0. The number of nitrogens with one attached hydrogen (secondary N) is 1. The van der Waals surface area contributed by atoms with E-state index < -0.39 is 23.4 Å². The summed E-state index contributed by atoms with van der Waals surface area (Å²) >= 11 is 0. The fourth-order valence-electron chi connectivity index (χ4n) is 1.51. The Morgan fingerprint density at radius 2 is 2.17 bits per heavy atom. The quantitative estimate of drug-likeness (QED) is 0.567. The molecule has 1 saturated heterocycles. The summed E-state index contributed by atoms with van der Waals surface area (Å²) in [4.78, 5) is 11.4. The third-order valence-corrected chi connectivity index (χ3v) is 2.51. The van der Waals surface area contributed by atoms with Gasteiger partial charge in [0.1, 0.15) is 17.3 Å². The second kappa shape index (κ2) is 6.81. The van der Waals surface area contributed by atoms with Gasteiger partial charge in [-0.25, -0.2) is 4.79 Å². The van der Waals surface area contributed by atoms with Crippen LogP contribution in [0.3, 0.4) is 0 Å². The molecule has 18 heavy (non-hydrogen) atoms. The van der Waals surface area contributed by atoms with E-state index in [-0.39, 0.29) is 39.4 Å². The van der Waals surface area contributed by atoms with Crippen molar-refractivity contribution in [1.29, 1.82) is 0 Å². The molecule has 0 radical (unpaired) electrons. The molecule has 0 aromatic heterocycles. The van der Waals surface area contributed by atoms with Gasteiger partial charge in [-0.05, 0) is 20.8 Å². The molecule has 0 unspecified atom stereocenters.